The minimum absolute atomic E-state index is 0.195. The highest BCUT2D eigenvalue weighted by Crippen LogP contribution is 2.13. The van der Waals surface area contributed by atoms with Crippen molar-refractivity contribution in [3.63, 3.8) is 0 Å². The normalized spacial score (nSPS) is 10.4. The van der Waals surface area contributed by atoms with Gasteiger partial charge in [-0.1, -0.05) is 6.92 Å². The number of aromatic amines is 1. The molecule has 0 aromatic carbocycles. The minimum atomic E-state index is -0.195. The Morgan fingerprint density at radius 2 is 2.47 bits per heavy atom. The van der Waals surface area contributed by atoms with Crippen LogP contribution in [0.2, 0.25) is 0 Å². The lowest BCUT2D eigenvalue weighted by atomic mass is 10.3. The molecule has 0 bridgehead atoms. The van der Waals surface area contributed by atoms with Crippen LogP contribution in [0.1, 0.15) is 23.8 Å². The molecule has 2 heterocycles. The average Bonchev–Trinajstić information content (AvgIpc) is 2.88. The van der Waals surface area contributed by atoms with Gasteiger partial charge in [0.2, 0.25) is 0 Å². The lowest BCUT2D eigenvalue weighted by Gasteiger charge is -2.06. The van der Waals surface area contributed by atoms with Crippen LogP contribution in [0.4, 0.5) is 11.5 Å². The predicted octanol–water partition coefficient (Wildman–Crippen LogP) is 1.46. The number of aromatic nitrogens is 3. The number of anilines is 2. The first-order valence-electron chi connectivity index (χ1n) is 5.47. The molecule has 0 radical (unpaired) electrons. The quantitative estimate of drug-likeness (QED) is 0.746. The zero-order chi connectivity index (χ0) is 12.3. The maximum absolute atomic E-state index is 12.0. The molecule has 0 atom stereocenters. The summed E-state index contributed by atoms with van der Waals surface area (Å²) in [4.78, 5) is 12.0. The molecule has 2 rings (SSSR count). The number of nitrogens with one attached hydrogen (secondary N) is 2. The number of nitrogens with two attached hydrogens (primary N) is 1. The molecule has 2 aromatic heterocycles. The van der Waals surface area contributed by atoms with Crippen molar-refractivity contribution in [3.05, 3.63) is 30.2 Å². The molecule has 0 aliphatic heterocycles. The van der Waals surface area contributed by atoms with Crippen molar-refractivity contribution in [2.24, 2.45) is 0 Å². The van der Waals surface area contributed by atoms with E-state index in [-0.39, 0.29) is 5.91 Å². The molecule has 4 N–H and O–H groups in total. The number of H-pyrrole nitrogens is 1. The maximum Gasteiger partial charge on any atom is 0.273 e. The summed E-state index contributed by atoms with van der Waals surface area (Å²) in [6.07, 6.45) is 4.29. The Morgan fingerprint density at radius 3 is 3.12 bits per heavy atom. The fourth-order valence-corrected chi connectivity index (χ4v) is 1.66. The summed E-state index contributed by atoms with van der Waals surface area (Å²) in [6, 6.07) is 3.36. The number of hydrogen-bond acceptors (Lipinski definition) is 3. The Labute approximate surface area is 98.8 Å². The summed E-state index contributed by atoms with van der Waals surface area (Å²) in [5, 5.41) is 9.15. The second kappa shape index (κ2) is 4.73. The van der Waals surface area contributed by atoms with Gasteiger partial charge in [-0.15, -0.1) is 0 Å². The largest absolute Gasteiger partial charge is 0.397 e. The van der Waals surface area contributed by atoms with Crippen molar-refractivity contribution >= 4 is 17.4 Å². The Balaban J connectivity index is 2.18. The van der Waals surface area contributed by atoms with E-state index in [0.717, 1.165) is 13.0 Å². The van der Waals surface area contributed by atoms with Crippen molar-refractivity contribution < 1.29 is 4.79 Å². The second-order valence-electron chi connectivity index (χ2n) is 3.78. The van der Waals surface area contributed by atoms with Crippen molar-refractivity contribution in [2.45, 2.75) is 19.9 Å². The number of carbonyl (C=O) groups excluding carboxylic acids is 1. The number of rotatable bonds is 4. The third kappa shape index (κ3) is 2.47. The monoisotopic (exact) mass is 233 g/mol. The first-order chi connectivity index (χ1) is 8.20. The van der Waals surface area contributed by atoms with E-state index in [1.165, 1.54) is 0 Å². The molecular formula is C11H15N5O. The molecule has 0 aliphatic carbocycles. The van der Waals surface area contributed by atoms with Crippen LogP contribution in [-0.4, -0.2) is 20.7 Å². The first-order valence-corrected chi connectivity index (χ1v) is 5.47. The summed E-state index contributed by atoms with van der Waals surface area (Å²) < 4.78 is 1.85. The fraction of sp³-hybridized carbons (Fsp3) is 0.273. The maximum atomic E-state index is 12.0. The molecular weight excluding hydrogens is 218 g/mol. The van der Waals surface area contributed by atoms with E-state index in [9.17, 15) is 4.79 Å². The smallest absolute Gasteiger partial charge is 0.273 e. The van der Waals surface area contributed by atoms with Gasteiger partial charge < -0.3 is 15.6 Å². The number of hydrogen-bond donors (Lipinski definition) is 3. The zero-order valence-electron chi connectivity index (χ0n) is 9.60. The molecule has 0 aliphatic rings. The summed E-state index contributed by atoms with van der Waals surface area (Å²) in [5.41, 5.74) is 6.85. The molecule has 1 amide bonds. The Hall–Kier alpha value is -2.24. The van der Waals surface area contributed by atoms with Crippen molar-refractivity contribution in [1.29, 1.82) is 0 Å². The van der Waals surface area contributed by atoms with E-state index >= 15 is 0 Å². The SMILES string of the molecule is CCCn1cc(N)cc1C(=O)Nc1ccn[nH]1. The van der Waals surface area contributed by atoms with E-state index in [2.05, 4.69) is 15.5 Å². The van der Waals surface area contributed by atoms with Crippen LogP contribution >= 0.6 is 0 Å². The van der Waals surface area contributed by atoms with Gasteiger partial charge in [0.1, 0.15) is 11.5 Å². The van der Waals surface area contributed by atoms with E-state index in [0.29, 0.717) is 17.2 Å². The van der Waals surface area contributed by atoms with Gasteiger partial charge >= 0.3 is 0 Å². The summed E-state index contributed by atoms with van der Waals surface area (Å²) in [5.74, 6) is 0.372. The van der Waals surface area contributed by atoms with E-state index < -0.39 is 0 Å². The van der Waals surface area contributed by atoms with Gasteiger partial charge in [-0.2, -0.15) is 5.10 Å². The lowest BCUT2D eigenvalue weighted by Crippen LogP contribution is -2.17. The van der Waals surface area contributed by atoms with Crippen molar-refractivity contribution in [3.8, 4) is 0 Å². The van der Waals surface area contributed by atoms with Crippen LogP contribution < -0.4 is 11.1 Å². The molecule has 6 heteroatoms. The van der Waals surface area contributed by atoms with E-state index in [1.807, 2.05) is 11.5 Å². The van der Waals surface area contributed by atoms with Crippen molar-refractivity contribution in [2.75, 3.05) is 11.1 Å². The summed E-state index contributed by atoms with van der Waals surface area (Å²) in [6.45, 7) is 2.82. The highest BCUT2D eigenvalue weighted by atomic mass is 16.2. The van der Waals surface area contributed by atoms with E-state index in [4.69, 9.17) is 5.73 Å². The predicted molar refractivity (Wildman–Crippen MR) is 65.7 cm³/mol. The molecule has 0 spiro atoms. The highest BCUT2D eigenvalue weighted by molar-refractivity contribution is 6.03. The van der Waals surface area contributed by atoms with Crippen LogP contribution in [0, 0.1) is 0 Å². The van der Waals surface area contributed by atoms with Gasteiger partial charge in [0.15, 0.2) is 0 Å². The molecule has 0 saturated carbocycles. The van der Waals surface area contributed by atoms with E-state index in [1.54, 1.807) is 24.5 Å². The zero-order valence-corrected chi connectivity index (χ0v) is 9.60. The highest BCUT2D eigenvalue weighted by Gasteiger charge is 2.12. The van der Waals surface area contributed by atoms with Gasteiger partial charge in [0, 0.05) is 18.8 Å². The van der Waals surface area contributed by atoms with Crippen LogP contribution in [0.5, 0.6) is 0 Å². The number of nitrogen functional groups attached to an aromatic ring is 1. The van der Waals surface area contributed by atoms with Crippen LogP contribution in [0.15, 0.2) is 24.5 Å². The fourth-order valence-electron chi connectivity index (χ4n) is 1.66. The Morgan fingerprint density at radius 1 is 1.65 bits per heavy atom. The lowest BCUT2D eigenvalue weighted by molar-refractivity contribution is 0.101. The van der Waals surface area contributed by atoms with Crippen molar-refractivity contribution in [1.82, 2.24) is 14.8 Å². The second-order valence-corrected chi connectivity index (χ2v) is 3.78. The number of carbonyl (C=O) groups is 1. The molecule has 90 valence electrons. The number of nitrogens with zero attached hydrogens (tertiary/aromatic N) is 2. The van der Waals surface area contributed by atoms with Crippen LogP contribution in [-0.2, 0) is 6.54 Å². The topological polar surface area (TPSA) is 88.7 Å². The van der Waals surface area contributed by atoms with Gasteiger partial charge in [-0.05, 0) is 12.5 Å². The van der Waals surface area contributed by atoms with Gasteiger partial charge in [-0.25, -0.2) is 0 Å². The van der Waals surface area contributed by atoms with Gasteiger partial charge in [0.25, 0.3) is 5.91 Å². The molecule has 0 unspecified atom stereocenters. The standard InChI is InChI=1S/C11H15N5O/c1-2-5-16-7-8(12)6-9(16)11(17)14-10-3-4-13-15-10/h3-4,6-7H,2,5,12H2,1H3,(H2,13,14,15,17). The van der Waals surface area contributed by atoms with Crippen LogP contribution in [0.25, 0.3) is 0 Å². The Kier molecular flexibility index (Phi) is 3.13. The molecule has 6 nitrogen and oxygen atoms in total. The first kappa shape index (κ1) is 11.3. The Bertz CT molecular complexity index is 500. The molecule has 0 saturated heterocycles. The van der Waals surface area contributed by atoms with Crippen LogP contribution in [0.3, 0.4) is 0 Å². The minimum Gasteiger partial charge on any atom is -0.397 e. The van der Waals surface area contributed by atoms with Gasteiger partial charge in [0.05, 0.1) is 11.9 Å². The summed E-state index contributed by atoms with van der Waals surface area (Å²) >= 11 is 0. The summed E-state index contributed by atoms with van der Waals surface area (Å²) in [7, 11) is 0. The number of aryl methyl sites for hydroxylation is 1. The average molecular weight is 233 g/mol. The third-order valence-electron chi connectivity index (χ3n) is 2.36. The molecule has 17 heavy (non-hydrogen) atoms. The number of amides is 1. The van der Waals surface area contributed by atoms with Gasteiger partial charge in [-0.3, -0.25) is 9.89 Å². The molecule has 2 aromatic rings. The molecule has 0 fully saturated rings. The third-order valence-corrected chi connectivity index (χ3v) is 2.36.